The van der Waals surface area contributed by atoms with Crippen LogP contribution in [0.4, 0.5) is 0 Å². The molecule has 1 N–H and O–H groups in total. The van der Waals surface area contributed by atoms with Gasteiger partial charge in [0, 0.05) is 29.3 Å². The van der Waals surface area contributed by atoms with Gasteiger partial charge >= 0.3 is 0 Å². The molecular weight excluding hydrogens is 302 g/mol. The third-order valence-electron chi connectivity index (χ3n) is 3.05. The average Bonchev–Trinajstić information content (AvgIpc) is 2.41. The molecule has 0 spiro atoms. The van der Waals surface area contributed by atoms with Crippen molar-refractivity contribution in [2.75, 3.05) is 6.54 Å². The van der Waals surface area contributed by atoms with Gasteiger partial charge in [0.2, 0.25) is 0 Å². The fourth-order valence-electron chi connectivity index (χ4n) is 2.06. The molecule has 100 valence electrons. The van der Waals surface area contributed by atoms with Crippen LogP contribution in [-0.2, 0) is 0 Å². The molecule has 3 nitrogen and oxygen atoms in total. The van der Waals surface area contributed by atoms with Crippen LogP contribution in [0.15, 0.2) is 41.4 Å². The topological polar surface area (TPSA) is 37.8 Å². The first-order chi connectivity index (χ1) is 9.22. The Morgan fingerprint density at radius 2 is 2.11 bits per heavy atom. The first kappa shape index (κ1) is 14.2. The number of aromatic nitrogens is 2. The maximum atomic E-state index is 4.26. The van der Waals surface area contributed by atoms with Crippen molar-refractivity contribution in [3.63, 3.8) is 0 Å². The Hall–Kier alpha value is -1.26. The highest BCUT2D eigenvalue weighted by Gasteiger charge is 2.16. The van der Waals surface area contributed by atoms with Crippen molar-refractivity contribution in [1.29, 1.82) is 0 Å². The molecule has 0 aliphatic heterocycles. The van der Waals surface area contributed by atoms with E-state index in [2.05, 4.69) is 51.1 Å². The third-order valence-corrected chi connectivity index (χ3v) is 3.48. The summed E-state index contributed by atoms with van der Waals surface area (Å²) in [6, 6.07) is 4.28. The molecule has 0 saturated heterocycles. The minimum Gasteiger partial charge on any atom is -0.306 e. The molecule has 0 saturated carbocycles. The fraction of sp³-hybridized carbons (Fsp3) is 0.333. The largest absolute Gasteiger partial charge is 0.306 e. The van der Waals surface area contributed by atoms with Gasteiger partial charge < -0.3 is 5.32 Å². The summed E-state index contributed by atoms with van der Waals surface area (Å²) in [6.07, 6.45) is 8.57. The van der Waals surface area contributed by atoms with E-state index in [0.717, 1.165) is 23.0 Å². The van der Waals surface area contributed by atoms with E-state index in [1.165, 1.54) is 11.1 Å². The van der Waals surface area contributed by atoms with Gasteiger partial charge in [0.15, 0.2) is 0 Å². The quantitative estimate of drug-likeness (QED) is 0.914. The Labute approximate surface area is 122 Å². The fourth-order valence-corrected chi connectivity index (χ4v) is 2.44. The van der Waals surface area contributed by atoms with Crippen molar-refractivity contribution < 1.29 is 0 Å². The summed E-state index contributed by atoms with van der Waals surface area (Å²) < 4.78 is 0.995. The van der Waals surface area contributed by atoms with Gasteiger partial charge in [-0.3, -0.25) is 9.97 Å². The number of nitrogens with one attached hydrogen (secondary N) is 1. The highest BCUT2D eigenvalue weighted by Crippen LogP contribution is 2.25. The smallest absolute Gasteiger partial charge is 0.0610 e. The van der Waals surface area contributed by atoms with Gasteiger partial charge in [0.1, 0.15) is 0 Å². The van der Waals surface area contributed by atoms with Crippen LogP contribution in [0.3, 0.4) is 0 Å². The maximum Gasteiger partial charge on any atom is 0.0610 e. The van der Waals surface area contributed by atoms with Gasteiger partial charge in [0.25, 0.3) is 0 Å². The lowest BCUT2D eigenvalue weighted by Crippen LogP contribution is -2.24. The summed E-state index contributed by atoms with van der Waals surface area (Å²) in [6.45, 7) is 5.24. The van der Waals surface area contributed by atoms with E-state index < -0.39 is 0 Å². The molecule has 1 unspecified atom stereocenters. The van der Waals surface area contributed by atoms with E-state index in [4.69, 9.17) is 0 Å². The summed E-state index contributed by atoms with van der Waals surface area (Å²) >= 11 is 3.48. The number of rotatable bonds is 5. The van der Waals surface area contributed by atoms with Crippen molar-refractivity contribution in [2.24, 2.45) is 0 Å². The third kappa shape index (κ3) is 3.61. The second kappa shape index (κ2) is 6.78. The summed E-state index contributed by atoms with van der Waals surface area (Å²) in [7, 11) is 0. The molecule has 1 atom stereocenters. The van der Waals surface area contributed by atoms with E-state index in [0.29, 0.717) is 0 Å². The van der Waals surface area contributed by atoms with Gasteiger partial charge in [-0.05, 0) is 64.6 Å². The zero-order chi connectivity index (χ0) is 13.7. The van der Waals surface area contributed by atoms with Crippen molar-refractivity contribution in [3.05, 3.63) is 58.1 Å². The van der Waals surface area contributed by atoms with Crippen molar-refractivity contribution in [2.45, 2.75) is 26.3 Å². The minimum atomic E-state index is 0.138. The van der Waals surface area contributed by atoms with Gasteiger partial charge in [-0.1, -0.05) is 6.92 Å². The highest BCUT2D eigenvalue weighted by atomic mass is 79.9. The minimum absolute atomic E-state index is 0.138. The maximum absolute atomic E-state index is 4.26. The molecule has 2 aromatic heterocycles. The molecule has 0 amide bonds. The van der Waals surface area contributed by atoms with Crippen LogP contribution in [0.5, 0.6) is 0 Å². The molecular formula is C15H18BrN3. The van der Waals surface area contributed by atoms with Crippen molar-refractivity contribution in [1.82, 2.24) is 15.3 Å². The van der Waals surface area contributed by atoms with E-state index in [1.807, 2.05) is 24.7 Å². The number of hydrogen-bond donors (Lipinski definition) is 1. The Morgan fingerprint density at radius 1 is 1.26 bits per heavy atom. The molecule has 2 heterocycles. The molecule has 0 aliphatic rings. The molecule has 0 aliphatic carbocycles. The van der Waals surface area contributed by atoms with Gasteiger partial charge in [-0.15, -0.1) is 0 Å². The van der Waals surface area contributed by atoms with Gasteiger partial charge in [-0.25, -0.2) is 0 Å². The number of pyridine rings is 2. The summed E-state index contributed by atoms with van der Waals surface area (Å²) in [4.78, 5) is 8.51. The van der Waals surface area contributed by atoms with Gasteiger partial charge in [0.05, 0.1) is 6.04 Å². The molecule has 2 rings (SSSR count). The number of hydrogen-bond acceptors (Lipinski definition) is 3. The van der Waals surface area contributed by atoms with Crippen LogP contribution in [0.2, 0.25) is 0 Å². The number of nitrogens with zero attached hydrogens (tertiary/aromatic N) is 2. The van der Waals surface area contributed by atoms with Crippen LogP contribution in [0.25, 0.3) is 0 Å². The van der Waals surface area contributed by atoms with Crippen LogP contribution in [-0.4, -0.2) is 16.5 Å². The predicted molar refractivity (Wildman–Crippen MR) is 81.0 cm³/mol. The van der Waals surface area contributed by atoms with Crippen LogP contribution < -0.4 is 5.32 Å². The Bertz CT molecular complexity index is 542. The van der Waals surface area contributed by atoms with Crippen molar-refractivity contribution >= 4 is 15.9 Å². The number of halogens is 1. The normalized spacial score (nSPS) is 12.4. The highest BCUT2D eigenvalue weighted by molar-refractivity contribution is 9.10. The lowest BCUT2D eigenvalue weighted by molar-refractivity contribution is 0.593. The second-order valence-corrected chi connectivity index (χ2v) is 5.47. The first-order valence-corrected chi connectivity index (χ1v) is 7.26. The predicted octanol–water partition coefficient (Wildman–Crippen LogP) is 3.64. The monoisotopic (exact) mass is 319 g/mol. The Kier molecular flexibility index (Phi) is 5.05. The average molecular weight is 320 g/mol. The lowest BCUT2D eigenvalue weighted by Gasteiger charge is -2.20. The Balaban J connectivity index is 2.38. The zero-order valence-corrected chi connectivity index (χ0v) is 12.8. The standard InChI is InChI=1S/C15H18BrN3/c1-3-5-19-15(12-7-13(16)9-18-8-12)14-10-17-6-4-11(14)2/h4,6-10,15,19H,3,5H2,1-2H3. The van der Waals surface area contributed by atoms with Crippen LogP contribution in [0, 0.1) is 6.92 Å². The van der Waals surface area contributed by atoms with E-state index in [-0.39, 0.29) is 6.04 Å². The second-order valence-electron chi connectivity index (χ2n) is 4.56. The van der Waals surface area contributed by atoms with E-state index in [1.54, 1.807) is 6.20 Å². The molecule has 0 bridgehead atoms. The molecule has 2 aromatic rings. The molecule has 19 heavy (non-hydrogen) atoms. The van der Waals surface area contributed by atoms with Crippen molar-refractivity contribution in [3.8, 4) is 0 Å². The molecule has 4 heteroatoms. The Morgan fingerprint density at radius 3 is 2.79 bits per heavy atom. The summed E-state index contributed by atoms with van der Waals surface area (Å²) in [5.41, 5.74) is 3.60. The molecule has 0 aromatic carbocycles. The summed E-state index contributed by atoms with van der Waals surface area (Å²) in [5.74, 6) is 0. The lowest BCUT2D eigenvalue weighted by atomic mass is 9.98. The van der Waals surface area contributed by atoms with Crippen LogP contribution in [0.1, 0.15) is 36.1 Å². The van der Waals surface area contributed by atoms with Crippen LogP contribution >= 0.6 is 15.9 Å². The SMILES string of the molecule is CCCNC(c1cncc(Br)c1)c1cnccc1C. The van der Waals surface area contributed by atoms with Gasteiger partial charge in [-0.2, -0.15) is 0 Å². The number of aryl methyl sites for hydroxylation is 1. The molecule has 0 fully saturated rings. The first-order valence-electron chi connectivity index (χ1n) is 6.46. The zero-order valence-electron chi connectivity index (χ0n) is 11.2. The summed E-state index contributed by atoms with van der Waals surface area (Å²) in [5, 5.41) is 3.57. The van der Waals surface area contributed by atoms with E-state index in [9.17, 15) is 0 Å². The van der Waals surface area contributed by atoms with E-state index >= 15 is 0 Å². The molecule has 0 radical (unpaired) electrons.